The molecule has 0 radical (unpaired) electrons. The number of carbonyl (C=O) groups is 1. The number of hydrogen-bond acceptors (Lipinski definition) is 8. The molecule has 10 heteroatoms. The van der Waals surface area contributed by atoms with Gasteiger partial charge in [-0.3, -0.25) is 15.1 Å². The van der Waals surface area contributed by atoms with E-state index in [0.717, 1.165) is 5.69 Å². The maximum atomic E-state index is 14.2. The SMILES string of the molecule is COc1c(F)cccc1NC1CC(Nc2cc(C)nc(C)n2)NC2NN(C)C(=O)C12. The molecule has 4 unspecified atom stereocenters. The Hall–Kier alpha value is -2.98. The van der Waals surface area contributed by atoms with Crippen molar-refractivity contribution in [1.29, 1.82) is 0 Å². The van der Waals surface area contributed by atoms with Crippen LogP contribution in [-0.4, -0.2) is 53.4 Å². The predicted octanol–water partition coefficient (Wildman–Crippen LogP) is 1.37. The highest BCUT2D eigenvalue weighted by Gasteiger charge is 2.48. The molecular formula is C20H26FN7O2. The number of benzene rings is 1. The van der Waals surface area contributed by atoms with Crippen molar-refractivity contribution < 1.29 is 13.9 Å². The zero-order valence-electron chi connectivity index (χ0n) is 17.4. The Kier molecular flexibility index (Phi) is 5.44. The summed E-state index contributed by atoms with van der Waals surface area (Å²) in [7, 11) is 3.12. The Morgan fingerprint density at radius 2 is 2.07 bits per heavy atom. The second-order valence-corrected chi connectivity index (χ2v) is 7.64. The third-order valence-corrected chi connectivity index (χ3v) is 5.41. The number of halogens is 1. The lowest BCUT2D eigenvalue weighted by Crippen LogP contribution is -2.60. The Labute approximate surface area is 174 Å². The Morgan fingerprint density at radius 3 is 2.80 bits per heavy atom. The minimum atomic E-state index is -0.456. The van der Waals surface area contributed by atoms with Crippen molar-refractivity contribution in [1.82, 2.24) is 25.7 Å². The second-order valence-electron chi connectivity index (χ2n) is 7.64. The van der Waals surface area contributed by atoms with Gasteiger partial charge in [-0.15, -0.1) is 0 Å². The number of methoxy groups -OCH3 is 1. The van der Waals surface area contributed by atoms with Crippen molar-refractivity contribution in [2.75, 3.05) is 24.8 Å². The van der Waals surface area contributed by atoms with Crippen LogP contribution in [0.3, 0.4) is 0 Å². The van der Waals surface area contributed by atoms with Gasteiger partial charge in [0, 0.05) is 31.3 Å². The number of ether oxygens (including phenoxy) is 1. The van der Waals surface area contributed by atoms with Gasteiger partial charge in [0.1, 0.15) is 11.6 Å². The van der Waals surface area contributed by atoms with E-state index in [1.165, 1.54) is 18.2 Å². The van der Waals surface area contributed by atoms with E-state index in [1.807, 2.05) is 19.9 Å². The number of nitrogens with one attached hydrogen (secondary N) is 4. The summed E-state index contributed by atoms with van der Waals surface area (Å²) in [6.07, 6.45) is 0.100. The summed E-state index contributed by atoms with van der Waals surface area (Å²) < 4.78 is 19.4. The number of hydrogen-bond donors (Lipinski definition) is 4. The van der Waals surface area contributed by atoms with E-state index in [0.29, 0.717) is 23.8 Å². The summed E-state index contributed by atoms with van der Waals surface area (Å²) in [5.74, 6) is 0.658. The molecule has 1 aromatic carbocycles. The molecule has 3 heterocycles. The lowest BCUT2D eigenvalue weighted by molar-refractivity contribution is -0.131. The van der Waals surface area contributed by atoms with Crippen molar-refractivity contribution in [3.63, 3.8) is 0 Å². The molecule has 160 valence electrons. The molecule has 0 saturated carbocycles. The Balaban J connectivity index is 1.60. The van der Waals surface area contributed by atoms with E-state index in [4.69, 9.17) is 4.74 Å². The molecule has 2 aliphatic heterocycles. The van der Waals surface area contributed by atoms with Crippen molar-refractivity contribution in [3.05, 3.63) is 41.6 Å². The van der Waals surface area contributed by atoms with Crippen LogP contribution < -0.4 is 26.1 Å². The summed E-state index contributed by atoms with van der Waals surface area (Å²) in [5.41, 5.74) is 4.53. The topological polar surface area (TPSA) is 103 Å². The molecule has 30 heavy (non-hydrogen) atoms. The lowest BCUT2D eigenvalue weighted by atomic mass is 9.88. The van der Waals surface area contributed by atoms with Gasteiger partial charge in [0.05, 0.1) is 31.0 Å². The molecule has 2 aromatic rings. The molecule has 4 rings (SSSR count). The first-order chi connectivity index (χ1) is 14.4. The second kappa shape index (κ2) is 8.04. The van der Waals surface area contributed by atoms with Crippen molar-refractivity contribution in [2.45, 2.75) is 38.6 Å². The Morgan fingerprint density at radius 1 is 1.27 bits per heavy atom. The first kappa shape index (κ1) is 20.3. The van der Waals surface area contributed by atoms with Crippen molar-refractivity contribution in [2.24, 2.45) is 5.92 Å². The van der Waals surface area contributed by atoms with Crippen LogP contribution >= 0.6 is 0 Å². The van der Waals surface area contributed by atoms with Gasteiger partial charge in [-0.2, -0.15) is 0 Å². The molecule has 0 aliphatic carbocycles. The highest BCUT2D eigenvalue weighted by molar-refractivity contribution is 5.82. The summed E-state index contributed by atoms with van der Waals surface area (Å²) >= 11 is 0. The number of anilines is 2. The molecule has 0 bridgehead atoms. The Bertz CT molecular complexity index is 936. The number of aromatic nitrogens is 2. The molecule has 0 spiro atoms. The number of para-hydroxylation sites is 1. The van der Waals surface area contributed by atoms with Crippen LogP contribution in [0.4, 0.5) is 15.9 Å². The number of rotatable bonds is 5. The van der Waals surface area contributed by atoms with E-state index < -0.39 is 5.82 Å². The fourth-order valence-corrected chi connectivity index (χ4v) is 4.20. The largest absolute Gasteiger partial charge is 0.492 e. The van der Waals surface area contributed by atoms with Crippen LogP contribution in [0.2, 0.25) is 0 Å². The summed E-state index contributed by atoms with van der Waals surface area (Å²) in [5, 5.41) is 11.6. The van der Waals surface area contributed by atoms with Gasteiger partial charge in [0.15, 0.2) is 11.6 Å². The summed E-state index contributed by atoms with van der Waals surface area (Å²) in [4.78, 5) is 21.5. The molecule has 4 N–H and O–H groups in total. The fraction of sp³-hybridized carbons (Fsp3) is 0.450. The molecule has 2 saturated heterocycles. The first-order valence-electron chi connectivity index (χ1n) is 9.83. The fourth-order valence-electron chi connectivity index (χ4n) is 4.20. The first-order valence-corrected chi connectivity index (χ1v) is 9.83. The van der Waals surface area contributed by atoms with E-state index in [2.05, 4.69) is 31.3 Å². The predicted molar refractivity (Wildman–Crippen MR) is 110 cm³/mol. The molecule has 1 amide bonds. The number of aryl methyl sites for hydroxylation is 2. The minimum Gasteiger partial charge on any atom is -0.492 e. The van der Waals surface area contributed by atoms with Crippen LogP contribution in [0.1, 0.15) is 17.9 Å². The molecule has 2 aliphatic rings. The zero-order chi connectivity index (χ0) is 21.4. The molecule has 4 atom stereocenters. The van der Waals surface area contributed by atoms with Crippen LogP contribution in [0.15, 0.2) is 24.3 Å². The van der Waals surface area contributed by atoms with Crippen molar-refractivity contribution in [3.8, 4) is 5.75 Å². The minimum absolute atomic E-state index is 0.0347. The maximum absolute atomic E-state index is 14.2. The lowest BCUT2D eigenvalue weighted by Gasteiger charge is -2.39. The van der Waals surface area contributed by atoms with Crippen LogP contribution in [0.5, 0.6) is 5.75 Å². The maximum Gasteiger partial charge on any atom is 0.244 e. The highest BCUT2D eigenvalue weighted by atomic mass is 19.1. The van der Waals surface area contributed by atoms with E-state index >= 15 is 0 Å². The third kappa shape index (κ3) is 3.88. The average molecular weight is 415 g/mol. The molecule has 2 fully saturated rings. The van der Waals surface area contributed by atoms with Gasteiger partial charge in [0.2, 0.25) is 5.91 Å². The highest BCUT2D eigenvalue weighted by Crippen LogP contribution is 2.33. The number of carbonyl (C=O) groups excluding carboxylic acids is 1. The summed E-state index contributed by atoms with van der Waals surface area (Å²) in [6, 6.07) is 6.31. The van der Waals surface area contributed by atoms with Crippen LogP contribution in [0, 0.1) is 25.6 Å². The average Bonchev–Trinajstić information content (AvgIpc) is 2.95. The molecule has 9 nitrogen and oxygen atoms in total. The van der Waals surface area contributed by atoms with Gasteiger partial charge < -0.3 is 15.4 Å². The van der Waals surface area contributed by atoms with Gasteiger partial charge in [-0.05, 0) is 26.0 Å². The number of nitrogens with zero attached hydrogens (tertiary/aromatic N) is 3. The number of hydrazine groups is 1. The standard InChI is InChI=1S/C20H26FN7O2/c1-10-8-15(23-11(2)22-10)25-16-9-14(17-19(26-16)27-28(3)20(17)29)24-13-7-5-6-12(21)18(13)30-4/h5-8,14,16-17,19,24,26-27H,9H2,1-4H3,(H,22,23,25). The van der Waals surface area contributed by atoms with E-state index in [-0.39, 0.29) is 35.9 Å². The van der Waals surface area contributed by atoms with Gasteiger partial charge >= 0.3 is 0 Å². The third-order valence-electron chi connectivity index (χ3n) is 5.41. The normalized spacial score (nSPS) is 25.8. The van der Waals surface area contributed by atoms with E-state index in [1.54, 1.807) is 19.2 Å². The number of piperidine rings is 1. The van der Waals surface area contributed by atoms with Crippen molar-refractivity contribution >= 4 is 17.4 Å². The smallest absolute Gasteiger partial charge is 0.244 e. The molecular weight excluding hydrogens is 389 g/mol. The zero-order valence-corrected chi connectivity index (χ0v) is 17.4. The number of fused-ring (bicyclic) bond motifs is 1. The van der Waals surface area contributed by atoms with Gasteiger partial charge in [0.25, 0.3) is 0 Å². The quantitative estimate of drug-likeness (QED) is 0.581. The van der Waals surface area contributed by atoms with Gasteiger partial charge in [-0.25, -0.2) is 19.8 Å². The van der Waals surface area contributed by atoms with Gasteiger partial charge in [-0.1, -0.05) is 6.07 Å². The summed E-state index contributed by atoms with van der Waals surface area (Å²) in [6.45, 7) is 3.76. The van der Waals surface area contributed by atoms with Crippen LogP contribution in [-0.2, 0) is 4.79 Å². The van der Waals surface area contributed by atoms with Crippen LogP contribution in [0.25, 0.3) is 0 Å². The molecule has 1 aromatic heterocycles. The monoisotopic (exact) mass is 415 g/mol. The van der Waals surface area contributed by atoms with E-state index in [9.17, 15) is 9.18 Å². The number of amides is 1.